The molecule has 1 aromatic heterocycles. The molecule has 1 heterocycles. The van der Waals surface area contributed by atoms with Gasteiger partial charge in [0.25, 0.3) is 5.91 Å². The van der Waals surface area contributed by atoms with E-state index in [-0.39, 0.29) is 11.0 Å². The second-order valence-corrected chi connectivity index (χ2v) is 4.88. The van der Waals surface area contributed by atoms with Crippen molar-refractivity contribution in [3.63, 3.8) is 0 Å². The predicted molar refractivity (Wildman–Crippen MR) is 69.1 cm³/mol. The second-order valence-electron chi connectivity index (χ2n) is 4.49. The summed E-state index contributed by atoms with van der Waals surface area (Å²) in [6.45, 7) is 0. The van der Waals surface area contributed by atoms with Crippen molar-refractivity contribution in [3.8, 4) is 6.07 Å². The van der Waals surface area contributed by atoms with Gasteiger partial charge in [-0.2, -0.15) is 5.26 Å². The van der Waals surface area contributed by atoms with Crippen molar-refractivity contribution in [3.05, 3.63) is 22.8 Å². The van der Waals surface area contributed by atoms with Gasteiger partial charge in [0, 0.05) is 6.07 Å². The molecule has 1 saturated carbocycles. The molecule has 2 rings (SSSR count). The average molecular weight is 281 g/mol. The molecule has 0 saturated heterocycles. The van der Waals surface area contributed by atoms with Crippen LogP contribution in [0.2, 0.25) is 5.15 Å². The molecule has 19 heavy (non-hydrogen) atoms. The van der Waals surface area contributed by atoms with Gasteiger partial charge in [0.15, 0.2) is 0 Å². The van der Waals surface area contributed by atoms with Gasteiger partial charge < -0.3 is 5.11 Å². The number of nitrogens with one attached hydrogen (secondary N) is 2. The van der Waals surface area contributed by atoms with Crippen molar-refractivity contribution in [2.45, 2.75) is 31.3 Å². The van der Waals surface area contributed by atoms with E-state index in [9.17, 15) is 9.90 Å². The molecule has 1 aliphatic rings. The van der Waals surface area contributed by atoms with Crippen LogP contribution in [0.5, 0.6) is 0 Å². The van der Waals surface area contributed by atoms with Crippen LogP contribution in [0.25, 0.3) is 0 Å². The van der Waals surface area contributed by atoms with Crippen LogP contribution < -0.4 is 10.9 Å². The Balaban J connectivity index is 2.01. The molecule has 0 unspecified atom stereocenters. The summed E-state index contributed by atoms with van der Waals surface area (Å²) in [4.78, 5) is 15.7. The Morgan fingerprint density at radius 3 is 2.79 bits per heavy atom. The topological polar surface area (TPSA) is 98.0 Å². The third-order valence-electron chi connectivity index (χ3n) is 3.08. The van der Waals surface area contributed by atoms with Crippen molar-refractivity contribution >= 4 is 23.3 Å². The maximum atomic E-state index is 11.8. The summed E-state index contributed by atoms with van der Waals surface area (Å²) in [5.74, 6) is -0.246. The number of carbonyl (C=O) groups excluding carboxylic acids is 1. The molecule has 1 fully saturated rings. The zero-order valence-electron chi connectivity index (χ0n) is 10.1. The van der Waals surface area contributed by atoms with Crippen molar-refractivity contribution in [2.75, 3.05) is 5.43 Å². The van der Waals surface area contributed by atoms with Gasteiger partial charge in [0.1, 0.15) is 16.6 Å². The highest BCUT2D eigenvalue weighted by Gasteiger charge is 2.38. The molecule has 0 atom stereocenters. The Morgan fingerprint density at radius 1 is 1.47 bits per heavy atom. The van der Waals surface area contributed by atoms with E-state index in [0.717, 1.165) is 12.8 Å². The second kappa shape index (κ2) is 5.43. The molecule has 0 spiro atoms. The van der Waals surface area contributed by atoms with Gasteiger partial charge in [-0.25, -0.2) is 4.98 Å². The zero-order chi connectivity index (χ0) is 13.9. The fraction of sp³-hybridized carbons (Fsp3) is 0.417. The summed E-state index contributed by atoms with van der Waals surface area (Å²) < 4.78 is 0. The standard InChI is InChI=1S/C12H13ClN4O2/c13-9-5-8(7-14)6-10(15-9)16-17-11(18)12(19)3-1-2-4-12/h5-6,19H,1-4H2,(H,15,16)(H,17,18). The fourth-order valence-electron chi connectivity index (χ4n) is 2.05. The maximum absolute atomic E-state index is 11.8. The first-order valence-corrected chi connectivity index (χ1v) is 6.28. The van der Waals surface area contributed by atoms with Crippen LogP contribution >= 0.6 is 11.6 Å². The number of aromatic nitrogens is 1. The van der Waals surface area contributed by atoms with Crippen LogP contribution in [0.1, 0.15) is 31.2 Å². The number of amides is 1. The number of halogens is 1. The minimum atomic E-state index is -1.32. The molecule has 1 amide bonds. The van der Waals surface area contributed by atoms with Crippen LogP contribution in [-0.2, 0) is 4.79 Å². The normalized spacial score (nSPS) is 16.7. The van der Waals surface area contributed by atoms with Gasteiger partial charge in [-0.1, -0.05) is 11.6 Å². The summed E-state index contributed by atoms with van der Waals surface area (Å²) in [6, 6.07) is 4.80. The summed E-state index contributed by atoms with van der Waals surface area (Å²) in [7, 11) is 0. The van der Waals surface area contributed by atoms with Gasteiger partial charge in [0.05, 0.1) is 11.6 Å². The summed E-state index contributed by atoms with van der Waals surface area (Å²) >= 11 is 5.73. The molecule has 0 bridgehead atoms. The highest BCUT2D eigenvalue weighted by Crippen LogP contribution is 2.29. The van der Waals surface area contributed by atoms with E-state index >= 15 is 0 Å². The number of carbonyl (C=O) groups is 1. The van der Waals surface area contributed by atoms with E-state index in [2.05, 4.69) is 15.8 Å². The highest BCUT2D eigenvalue weighted by molar-refractivity contribution is 6.29. The first-order valence-electron chi connectivity index (χ1n) is 5.90. The third-order valence-corrected chi connectivity index (χ3v) is 3.27. The molecule has 0 radical (unpaired) electrons. The SMILES string of the molecule is N#Cc1cc(Cl)nc(NNC(=O)C2(O)CCCC2)c1. The molecule has 1 aliphatic carbocycles. The smallest absolute Gasteiger partial charge is 0.270 e. The Bertz CT molecular complexity index is 535. The third kappa shape index (κ3) is 3.13. The predicted octanol–water partition coefficient (Wildman–Crippen LogP) is 1.35. The lowest BCUT2D eigenvalue weighted by Crippen LogP contribution is -2.47. The molecule has 0 aliphatic heterocycles. The Morgan fingerprint density at radius 2 is 2.16 bits per heavy atom. The van der Waals surface area contributed by atoms with E-state index in [4.69, 9.17) is 16.9 Å². The van der Waals surface area contributed by atoms with Crippen molar-refractivity contribution < 1.29 is 9.90 Å². The number of nitrogens with zero attached hydrogens (tertiary/aromatic N) is 2. The average Bonchev–Trinajstić information content (AvgIpc) is 2.83. The minimum Gasteiger partial charge on any atom is -0.380 e. The van der Waals surface area contributed by atoms with E-state index < -0.39 is 11.5 Å². The molecule has 3 N–H and O–H groups in total. The maximum Gasteiger partial charge on any atom is 0.270 e. The van der Waals surface area contributed by atoms with Crippen LogP contribution in [0, 0.1) is 11.3 Å². The molecule has 7 heteroatoms. The van der Waals surface area contributed by atoms with Crippen LogP contribution in [-0.4, -0.2) is 21.6 Å². The first kappa shape index (κ1) is 13.6. The fourth-order valence-corrected chi connectivity index (χ4v) is 2.26. The number of hydrogen-bond donors (Lipinski definition) is 3. The molecule has 6 nitrogen and oxygen atoms in total. The van der Waals surface area contributed by atoms with Crippen molar-refractivity contribution in [1.82, 2.24) is 10.4 Å². The number of hydrazine groups is 1. The molecule has 1 aromatic rings. The summed E-state index contributed by atoms with van der Waals surface area (Å²) in [5.41, 5.74) is 3.96. The van der Waals surface area contributed by atoms with Gasteiger partial charge in [-0.05, 0) is 31.7 Å². The molecule has 100 valence electrons. The first-order chi connectivity index (χ1) is 9.03. The Kier molecular flexibility index (Phi) is 3.88. The zero-order valence-corrected chi connectivity index (χ0v) is 10.9. The van der Waals surface area contributed by atoms with Gasteiger partial charge in [-0.3, -0.25) is 15.6 Å². The number of aliphatic hydroxyl groups is 1. The molecule has 0 aromatic carbocycles. The lowest BCUT2D eigenvalue weighted by molar-refractivity contribution is -0.138. The van der Waals surface area contributed by atoms with Gasteiger partial charge in [0.2, 0.25) is 0 Å². The molecular weight excluding hydrogens is 268 g/mol. The number of anilines is 1. The Hall–Kier alpha value is -1.84. The number of rotatable bonds is 3. The largest absolute Gasteiger partial charge is 0.380 e. The van der Waals surface area contributed by atoms with Gasteiger partial charge >= 0.3 is 0 Å². The van der Waals surface area contributed by atoms with Crippen molar-refractivity contribution in [1.29, 1.82) is 5.26 Å². The number of hydrogen-bond acceptors (Lipinski definition) is 5. The van der Waals surface area contributed by atoms with E-state index in [0.29, 0.717) is 18.4 Å². The lowest BCUT2D eigenvalue weighted by atomic mass is 10.0. The lowest BCUT2D eigenvalue weighted by Gasteiger charge is -2.21. The van der Waals surface area contributed by atoms with Crippen LogP contribution in [0.4, 0.5) is 5.82 Å². The van der Waals surface area contributed by atoms with Crippen LogP contribution in [0.15, 0.2) is 12.1 Å². The highest BCUT2D eigenvalue weighted by atomic mass is 35.5. The monoisotopic (exact) mass is 280 g/mol. The number of pyridine rings is 1. The summed E-state index contributed by atoms with van der Waals surface area (Å²) in [5, 5.41) is 19.0. The quantitative estimate of drug-likeness (QED) is 0.573. The number of nitriles is 1. The minimum absolute atomic E-state index is 0.148. The Labute approximate surface area is 115 Å². The van der Waals surface area contributed by atoms with Crippen molar-refractivity contribution in [2.24, 2.45) is 0 Å². The van der Waals surface area contributed by atoms with Crippen LogP contribution in [0.3, 0.4) is 0 Å². The van der Waals surface area contributed by atoms with Gasteiger partial charge in [-0.15, -0.1) is 0 Å². The summed E-state index contributed by atoms with van der Waals surface area (Å²) in [6.07, 6.45) is 2.57. The van der Waals surface area contributed by atoms with E-state index in [1.807, 2.05) is 6.07 Å². The van der Waals surface area contributed by atoms with E-state index in [1.165, 1.54) is 12.1 Å². The van der Waals surface area contributed by atoms with E-state index in [1.54, 1.807) is 0 Å². The molecular formula is C12H13ClN4O2.